The number of nitrogens with zero attached hydrogens (tertiary/aromatic N) is 2. The zero-order chi connectivity index (χ0) is 26.9. The van der Waals surface area contributed by atoms with Gasteiger partial charge in [-0.3, -0.25) is 18.0 Å². The first-order valence-corrected chi connectivity index (χ1v) is 12.3. The number of carbonyl (C=O) groups excluding carboxylic acids is 2. The Bertz CT molecular complexity index is 664. The van der Waals surface area contributed by atoms with Gasteiger partial charge in [0.15, 0.2) is 0 Å². The van der Waals surface area contributed by atoms with Gasteiger partial charge in [0.05, 0.1) is 54.4 Å². The number of hydrogen-bond donors (Lipinski definition) is 2. The van der Waals surface area contributed by atoms with Crippen molar-refractivity contribution in [3.63, 3.8) is 0 Å². The van der Waals surface area contributed by atoms with Crippen molar-refractivity contribution in [1.29, 1.82) is 0 Å². The minimum atomic E-state index is -5.17. The van der Waals surface area contributed by atoms with Gasteiger partial charge < -0.3 is 28.7 Å². The molecule has 0 aliphatic heterocycles. The number of carbonyl (C=O) groups is 2. The molecule has 0 aliphatic rings. The molecule has 0 heterocycles. The van der Waals surface area contributed by atoms with Crippen LogP contribution in [0.4, 0.5) is 0 Å². The highest BCUT2D eigenvalue weighted by Gasteiger charge is 2.11. The van der Waals surface area contributed by atoms with Crippen LogP contribution in [0.25, 0.3) is 0 Å². The molecule has 0 aromatic rings. The SMILES string of the molecule is C=C(C)C(=O)NCCC[N+](C)(C)CC.C=C(C)C(=O)NCCC[N+](C)(C)CC.O=S(=O)([O-])[O-]. The average Bonchev–Trinajstić information content (AvgIpc) is 2.67. The van der Waals surface area contributed by atoms with Crippen LogP contribution in [0, 0.1) is 0 Å². The minimum Gasteiger partial charge on any atom is -0.759 e. The summed E-state index contributed by atoms with van der Waals surface area (Å²) in [4.78, 5) is 22.2. The third-order valence-electron chi connectivity index (χ3n) is 4.94. The van der Waals surface area contributed by atoms with Gasteiger partial charge in [-0.05, 0) is 27.7 Å². The molecule has 0 unspecified atom stereocenters. The number of rotatable bonds is 12. The lowest BCUT2D eigenvalue weighted by atomic mass is 10.3. The Morgan fingerprint density at radius 1 is 0.758 bits per heavy atom. The predicted molar refractivity (Wildman–Crippen MR) is 130 cm³/mol. The molecule has 0 aromatic heterocycles. The van der Waals surface area contributed by atoms with Gasteiger partial charge in [-0.25, -0.2) is 0 Å². The number of amides is 2. The molecule has 0 spiro atoms. The van der Waals surface area contributed by atoms with Crippen molar-refractivity contribution in [3.8, 4) is 0 Å². The highest BCUT2D eigenvalue weighted by molar-refractivity contribution is 7.79. The zero-order valence-electron chi connectivity index (χ0n) is 21.8. The zero-order valence-corrected chi connectivity index (χ0v) is 22.6. The summed E-state index contributed by atoms with van der Waals surface area (Å²) in [6.45, 7) is 20.9. The third-order valence-corrected chi connectivity index (χ3v) is 4.94. The molecule has 0 aliphatic carbocycles. The van der Waals surface area contributed by atoms with Crippen molar-refractivity contribution < 1.29 is 36.1 Å². The van der Waals surface area contributed by atoms with Crippen molar-refractivity contribution in [2.45, 2.75) is 40.5 Å². The highest BCUT2D eigenvalue weighted by atomic mass is 32.3. The molecule has 2 amide bonds. The fourth-order valence-electron chi connectivity index (χ4n) is 2.04. The Morgan fingerprint density at radius 2 is 1.00 bits per heavy atom. The van der Waals surface area contributed by atoms with Crippen LogP contribution in [0.2, 0.25) is 0 Å². The normalized spacial score (nSPS) is 11.2. The monoisotopic (exact) mass is 494 g/mol. The maximum Gasteiger partial charge on any atom is 0.246 e. The van der Waals surface area contributed by atoms with E-state index in [0.29, 0.717) is 11.1 Å². The van der Waals surface area contributed by atoms with E-state index in [1.54, 1.807) is 13.8 Å². The lowest BCUT2D eigenvalue weighted by Gasteiger charge is -2.28. The lowest BCUT2D eigenvalue weighted by molar-refractivity contribution is -0.888. The standard InChI is InChI=1S/2C11H22N2O.H2O4S/c2*1-6-13(4,5)9-7-8-12-11(14)10(2)3;1-5(2,3)4/h2*2,6-9H2,1,3-5H3;(H2,1,2,3,4). The summed E-state index contributed by atoms with van der Waals surface area (Å²) in [5.74, 6) is -0.0707. The van der Waals surface area contributed by atoms with E-state index in [9.17, 15) is 9.59 Å². The van der Waals surface area contributed by atoms with Crippen molar-refractivity contribution in [2.24, 2.45) is 0 Å². The van der Waals surface area contributed by atoms with Gasteiger partial charge in [0, 0.05) is 47.5 Å². The average molecular weight is 495 g/mol. The van der Waals surface area contributed by atoms with Crippen LogP contribution in [0.1, 0.15) is 40.5 Å². The first-order valence-electron chi connectivity index (χ1n) is 11.0. The van der Waals surface area contributed by atoms with Crippen LogP contribution in [0.3, 0.4) is 0 Å². The summed E-state index contributed by atoms with van der Waals surface area (Å²) < 4.78 is 36.1. The van der Waals surface area contributed by atoms with Crippen molar-refractivity contribution in [1.82, 2.24) is 10.6 Å². The van der Waals surface area contributed by atoms with Crippen molar-refractivity contribution in [2.75, 3.05) is 67.5 Å². The van der Waals surface area contributed by atoms with Crippen LogP contribution in [-0.4, -0.2) is 106 Å². The fourth-order valence-corrected chi connectivity index (χ4v) is 2.04. The first-order chi connectivity index (χ1) is 14.8. The van der Waals surface area contributed by atoms with Gasteiger partial charge in [0.2, 0.25) is 11.8 Å². The highest BCUT2D eigenvalue weighted by Crippen LogP contribution is 1.98. The Hall–Kier alpha value is -1.79. The molecule has 33 heavy (non-hydrogen) atoms. The van der Waals surface area contributed by atoms with E-state index < -0.39 is 10.4 Å². The molecular formula is C22H46N4O6S. The molecule has 0 bridgehead atoms. The molecule has 0 atom stereocenters. The lowest BCUT2D eigenvalue weighted by Crippen LogP contribution is -2.41. The van der Waals surface area contributed by atoms with Crippen molar-refractivity contribution in [3.05, 3.63) is 24.3 Å². The fraction of sp³-hybridized carbons (Fsp3) is 0.727. The van der Waals surface area contributed by atoms with Crippen molar-refractivity contribution >= 4 is 22.2 Å². The predicted octanol–water partition coefficient (Wildman–Crippen LogP) is 0.992. The summed E-state index contributed by atoms with van der Waals surface area (Å²) in [7, 11) is 3.61. The van der Waals surface area contributed by atoms with Crippen LogP contribution in [0.15, 0.2) is 24.3 Å². The first kappa shape index (κ1) is 35.8. The Labute approximate surface area is 201 Å². The molecule has 0 fully saturated rings. The van der Waals surface area contributed by atoms with E-state index in [1.165, 1.54) is 0 Å². The smallest absolute Gasteiger partial charge is 0.246 e. The Morgan fingerprint density at radius 3 is 1.18 bits per heavy atom. The molecule has 0 radical (unpaired) electrons. The molecule has 0 saturated heterocycles. The van der Waals surface area contributed by atoms with E-state index in [-0.39, 0.29) is 11.8 Å². The Balaban J connectivity index is -0.000000453. The van der Waals surface area contributed by atoms with Gasteiger partial charge in [0.1, 0.15) is 0 Å². The van der Waals surface area contributed by atoms with E-state index >= 15 is 0 Å². The second-order valence-corrected chi connectivity index (χ2v) is 9.96. The van der Waals surface area contributed by atoms with E-state index in [2.05, 4.69) is 65.8 Å². The maximum atomic E-state index is 11.1. The largest absolute Gasteiger partial charge is 0.759 e. The molecule has 2 N–H and O–H groups in total. The number of nitrogens with one attached hydrogen (secondary N) is 2. The van der Waals surface area contributed by atoms with Gasteiger partial charge in [-0.1, -0.05) is 13.2 Å². The molecular weight excluding hydrogens is 448 g/mol. The maximum absolute atomic E-state index is 11.1. The second kappa shape index (κ2) is 17.7. The summed E-state index contributed by atoms with van der Waals surface area (Å²) in [6.07, 6.45) is 2.03. The molecule has 0 rings (SSSR count). The molecule has 196 valence electrons. The molecule has 11 heteroatoms. The van der Waals surface area contributed by atoms with Crippen LogP contribution < -0.4 is 10.6 Å². The Kier molecular flexibility index (Phi) is 19.1. The van der Waals surface area contributed by atoms with Gasteiger partial charge >= 0.3 is 0 Å². The summed E-state index contributed by atoms with van der Waals surface area (Å²) in [6, 6.07) is 0. The summed E-state index contributed by atoms with van der Waals surface area (Å²) in [5.41, 5.74) is 1.16. The quantitative estimate of drug-likeness (QED) is 0.136. The molecule has 0 aromatic carbocycles. The van der Waals surface area contributed by atoms with Crippen LogP contribution in [0.5, 0.6) is 0 Å². The van der Waals surface area contributed by atoms with Crippen LogP contribution >= 0.6 is 0 Å². The van der Waals surface area contributed by atoms with Gasteiger partial charge in [0.25, 0.3) is 0 Å². The molecule has 10 nitrogen and oxygen atoms in total. The minimum absolute atomic E-state index is 0.0354. The summed E-state index contributed by atoms with van der Waals surface area (Å²) >= 11 is 0. The molecule has 0 saturated carbocycles. The number of quaternary nitrogens is 2. The van der Waals surface area contributed by atoms with E-state index in [1.807, 2.05) is 0 Å². The second-order valence-electron chi connectivity index (χ2n) is 9.14. The van der Waals surface area contributed by atoms with Crippen LogP contribution in [-0.2, 0) is 20.0 Å². The van der Waals surface area contributed by atoms with E-state index in [0.717, 1.165) is 61.1 Å². The third kappa shape index (κ3) is 30.2. The topological polar surface area (TPSA) is 138 Å². The van der Waals surface area contributed by atoms with E-state index in [4.69, 9.17) is 17.5 Å². The van der Waals surface area contributed by atoms with Gasteiger partial charge in [-0.15, -0.1) is 0 Å². The van der Waals surface area contributed by atoms with Gasteiger partial charge in [-0.2, -0.15) is 0 Å². The summed E-state index contributed by atoms with van der Waals surface area (Å²) in [5, 5.41) is 5.66. The number of hydrogen-bond acceptors (Lipinski definition) is 6.